The lowest BCUT2D eigenvalue weighted by molar-refractivity contribution is 0.514. The second-order valence-corrected chi connectivity index (χ2v) is 6.38. The van der Waals surface area contributed by atoms with Gasteiger partial charge in [-0.1, -0.05) is 97.6 Å². The number of aromatic nitrogens is 2. The van der Waals surface area contributed by atoms with Crippen molar-refractivity contribution in [2.45, 2.75) is 5.54 Å². The number of benzene rings is 3. The third kappa shape index (κ3) is 2.87. The average Bonchev–Trinajstić information content (AvgIpc) is 3.22. The van der Waals surface area contributed by atoms with Crippen molar-refractivity contribution in [1.29, 1.82) is 0 Å². The Balaban J connectivity index is 2.10. The van der Waals surface area contributed by atoms with Gasteiger partial charge >= 0.3 is 0 Å². The summed E-state index contributed by atoms with van der Waals surface area (Å²) < 4.78 is 15.7. The van der Waals surface area contributed by atoms with E-state index in [0.29, 0.717) is 0 Å². The van der Waals surface area contributed by atoms with Crippen molar-refractivity contribution >= 4 is 5.83 Å². The van der Waals surface area contributed by atoms with Crippen LogP contribution in [-0.4, -0.2) is 9.55 Å². The zero-order valence-electron chi connectivity index (χ0n) is 14.8. The highest BCUT2D eigenvalue weighted by Crippen LogP contribution is 2.40. The van der Waals surface area contributed by atoms with Crippen LogP contribution in [0, 0.1) is 0 Å². The SMILES string of the molecule is C=C(F)c1cn(C(c2ccccc2)(c2ccccc2)c2ccccc2)cn1. The Kier molecular flexibility index (Phi) is 4.43. The monoisotopic (exact) mass is 354 g/mol. The number of imidazole rings is 1. The predicted molar refractivity (Wildman–Crippen MR) is 107 cm³/mol. The summed E-state index contributed by atoms with van der Waals surface area (Å²) in [6, 6.07) is 30.6. The molecule has 0 radical (unpaired) electrons. The molecule has 1 aromatic heterocycles. The zero-order chi connectivity index (χ0) is 18.7. The van der Waals surface area contributed by atoms with Crippen LogP contribution in [0.5, 0.6) is 0 Å². The van der Waals surface area contributed by atoms with Crippen molar-refractivity contribution in [2.24, 2.45) is 0 Å². The van der Waals surface area contributed by atoms with Crippen LogP contribution in [0.2, 0.25) is 0 Å². The minimum atomic E-state index is -0.676. The van der Waals surface area contributed by atoms with E-state index in [-0.39, 0.29) is 5.69 Å². The van der Waals surface area contributed by atoms with Gasteiger partial charge in [0, 0.05) is 6.20 Å². The van der Waals surface area contributed by atoms with E-state index in [1.807, 2.05) is 59.2 Å². The summed E-state index contributed by atoms with van der Waals surface area (Å²) in [5.74, 6) is -0.545. The fourth-order valence-electron chi connectivity index (χ4n) is 3.63. The van der Waals surface area contributed by atoms with Gasteiger partial charge < -0.3 is 4.57 Å². The smallest absolute Gasteiger partial charge is 0.143 e. The second kappa shape index (κ2) is 7.04. The van der Waals surface area contributed by atoms with E-state index in [2.05, 4.69) is 48.0 Å². The fourth-order valence-corrected chi connectivity index (χ4v) is 3.63. The first-order valence-corrected chi connectivity index (χ1v) is 8.79. The van der Waals surface area contributed by atoms with Gasteiger partial charge in [0.2, 0.25) is 0 Å². The molecule has 2 nitrogen and oxygen atoms in total. The average molecular weight is 354 g/mol. The maximum Gasteiger partial charge on any atom is 0.143 e. The number of nitrogens with zero attached hydrogens (tertiary/aromatic N) is 2. The highest BCUT2D eigenvalue weighted by atomic mass is 19.1. The van der Waals surface area contributed by atoms with Gasteiger partial charge in [-0.05, 0) is 16.7 Å². The Morgan fingerprint density at radius 2 is 1.15 bits per heavy atom. The maximum atomic E-state index is 13.8. The Morgan fingerprint density at radius 1 is 0.741 bits per heavy atom. The van der Waals surface area contributed by atoms with Crippen LogP contribution in [0.15, 0.2) is 110 Å². The minimum absolute atomic E-state index is 0.238. The van der Waals surface area contributed by atoms with E-state index in [1.54, 1.807) is 12.5 Å². The number of rotatable bonds is 5. The normalized spacial score (nSPS) is 11.3. The molecule has 0 fully saturated rings. The van der Waals surface area contributed by atoms with Crippen LogP contribution in [-0.2, 0) is 5.54 Å². The van der Waals surface area contributed by atoms with Gasteiger partial charge in [0.25, 0.3) is 0 Å². The van der Waals surface area contributed by atoms with Crippen molar-refractivity contribution in [3.8, 4) is 0 Å². The van der Waals surface area contributed by atoms with Crippen LogP contribution in [0.3, 0.4) is 0 Å². The molecule has 0 spiro atoms. The first-order valence-electron chi connectivity index (χ1n) is 8.79. The molecule has 0 saturated carbocycles. The van der Waals surface area contributed by atoms with Crippen molar-refractivity contribution in [3.05, 3.63) is 132 Å². The summed E-state index contributed by atoms with van der Waals surface area (Å²) >= 11 is 0. The van der Waals surface area contributed by atoms with Crippen LogP contribution >= 0.6 is 0 Å². The topological polar surface area (TPSA) is 17.8 Å². The Hall–Kier alpha value is -3.46. The molecule has 132 valence electrons. The van der Waals surface area contributed by atoms with Crippen LogP contribution in [0.25, 0.3) is 5.83 Å². The lowest BCUT2D eigenvalue weighted by atomic mass is 9.77. The summed E-state index contributed by atoms with van der Waals surface area (Å²) in [4.78, 5) is 4.25. The van der Waals surface area contributed by atoms with Gasteiger partial charge in [-0.25, -0.2) is 9.37 Å². The predicted octanol–water partition coefficient (Wildman–Crippen LogP) is 5.66. The molecule has 0 atom stereocenters. The molecule has 27 heavy (non-hydrogen) atoms. The molecule has 0 amide bonds. The summed E-state index contributed by atoms with van der Waals surface area (Å²) in [6.07, 6.45) is 3.39. The van der Waals surface area contributed by atoms with Gasteiger partial charge in [-0.3, -0.25) is 0 Å². The first-order chi connectivity index (χ1) is 13.2. The molecule has 3 heteroatoms. The lowest BCUT2D eigenvalue weighted by Gasteiger charge is -2.37. The molecule has 0 bridgehead atoms. The second-order valence-electron chi connectivity index (χ2n) is 6.38. The first kappa shape index (κ1) is 17.0. The van der Waals surface area contributed by atoms with Crippen molar-refractivity contribution in [3.63, 3.8) is 0 Å². The number of hydrogen-bond acceptors (Lipinski definition) is 1. The van der Waals surface area contributed by atoms with E-state index >= 15 is 0 Å². The fraction of sp³-hybridized carbons (Fsp3) is 0.0417. The van der Waals surface area contributed by atoms with Gasteiger partial charge in [0.05, 0.1) is 6.33 Å². The van der Waals surface area contributed by atoms with E-state index < -0.39 is 11.4 Å². The molecule has 0 N–H and O–H groups in total. The number of halogens is 1. The van der Waals surface area contributed by atoms with Gasteiger partial charge in [0.1, 0.15) is 17.1 Å². The third-order valence-corrected chi connectivity index (χ3v) is 4.82. The Morgan fingerprint density at radius 3 is 1.48 bits per heavy atom. The highest BCUT2D eigenvalue weighted by molar-refractivity contribution is 5.54. The standard InChI is InChI=1S/C24H19FN2/c1-19(25)23-17-27(18-26-23)24(20-11-5-2-6-12-20,21-13-7-3-8-14-21)22-15-9-4-10-16-22/h2-18H,1H2. The summed E-state index contributed by atoms with van der Waals surface area (Å²) in [6.45, 7) is 3.40. The third-order valence-electron chi connectivity index (χ3n) is 4.82. The van der Waals surface area contributed by atoms with Gasteiger partial charge in [-0.2, -0.15) is 0 Å². The van der Waals surface area contributed by atoms with Crippen molar-refractivity contribution in [2.75, 3.05) is 0 Å². The Labute approximate surface area is 158 Å². The van der Waals surface area contributed by atoms with Gasteiger partial charge in [0.15, 0.2) is 0 Å². The molecule has 0 aliphatic rings. The molecule has 4 aromatic rings. The quantitative estimate of drug-likeness (QED) is 0.423. The molecule has 3 aromatic carbocycles. The molecule has 0 saturated heterocycles. The van der Waals surface area contributed by atoms with E-state index in [9.17, 15) is 4.39 Å². The lowest BCUT2D eigenvalue weighted by Crippen LogP contribution is -2.36. The van der Waals surface area contributed by atoms with Crippen LogP contribution in [0.4, 0.5) is 4.39 Å². The number of hydrogen-bond donors (Lipinski definition) is 0. The largest absolute Gasteiger partial charge is 0.318 e. The van der Waals surface area contributed by atoms with Crippen molar-refractivity contribution < 1.29 is 4.39 Å². The van der Waals surface area contributed by atoms with E-state index in [1.165, 1.54) is 0 Å². The minimum Gasteiger partial charge on any atom is -0.318 e. The maximum absolute atomic E-state index is 13.8. The molecular weight excluding hydrogens is 335 g/mol. The summed E-state index contributed by atoms with van der Waals surface area (Å²) in [5, 5.41) is 0. The molecule has 0 unspecified atom stereocenters. The highest BCUT2D eigenvalue weighted by Gasteiger charge is 2.38. The summed E-state index contributed by atoms with van der Waals surface area (Å²) in [7, 11) is 0. The van der Waals surface area contributed by atoms with E-state index in [0.717, 1.165) is 16.7 Å². The molecule has 4 rings (SSSR count). The van der Waals surface area contributed by atoms with Crippen LogP contribution < -0.4 is 0 Å². The molecule has 0 aliphatic carbocycles. The molecule has 0 aliphatic heterocycles. The van der Waals surface area contributed by atoms with Gasteiger partial charge in [-0.15, -0.1) is 0 Å². The zero-order valence-corrected chi connectivity index (χ0v) is 14.8. The van der Waals surface area contributed by atoms with Crippen LogP contribution in [0.1, 0.15) is 22.4 Å². The van der Waals surface area contributed by atoms with Crippen molar-refractivity contribution in [1.82, 2.24) is 9.55 Å². The summed E-state index contributed by atoms with van der Waals surface area (Å²) in [5.41, 5.74) is 2.76. The molecule has 1 heterocycles. The Bertz CT molecular complexity index is 941. The van der Waals surface area contributed by atoms with E-state index in [4.69, 9.17) is 0 Å². The molecular formula is C24H19FN2.